The number of benzene rings is 1. The lowest BCUT2D eigenvalue weighted by Crippen LogP contribution is -2.39. The van der Waals surface area contributed by atoms with Crippen molar-refractivity contribution in [2.75, 3.05) is 18.5 Å². The maximum atomic E-state index is 8.87. The van der Waals surface area contributed by atoms with Crippen LogP contribution in [0.1, 0.15) is 18.4 Å². The summed E-state index contributed by atoms with van der Waals surface area (Å²) < 4.78 is 0. The minimum absolute atomic E-state index is 0.411. The summed E-state index contributed by atoms with van der Waals surface area (Å²) in [5.74, 6) is 0.737. The third kappa shape index (κ3) is 2.17. The average molecular weight is 215 g/mol. The number of anilines is 1. The summed E-state index contributed by atoms with van der Waals surface area (Å²) in [6, 6.07) is 10.3. The van der Waals surface area contributed by atoms with Crippen LogP contribution in [0.2, 0.25) is 0 Å². The van der Waals surface area contributed by atoms with E-state index in [1.807, 2.05) is 24.3 Å². The van der Waals surface area contributed by atoms with Crippen LogP contribution in [0.3, 0.4) is 0 Å². The molecule has 3 heteroatoms. The zero-order valence-corrected chi connectivity index (χ0v) is 9.56. The predicted molar refractivity (Wildman–Crippen MR) is 65.1 cm³/mol. The van der Waals surface area contributed by atoms with E-state index in [4.69, 9.17) is 11.0 Å². The molecule has 0 aliphatic heterocycles. The number of nitrogens with zero attached hydrogens (tertiary/aromatic N) is 2. The van der Waals surface area contributed by atoms with Crippen LogP contribution in [0, 0.1) is 17.2 Å². The lowest BCUT2D eigenvalue weighted by molar-refractivity contribution is 0.570. The summed E-state index contributed by atoms with van der Waals surface area (Å²) in [7, 11) is 2.06. The molecule has 1 aliphatic rings. The standard InChI is InChI=1S/C13H17N3/c1-16(13(9-15)11-5-6-11)12-4-2-3-10(7-12)8-14/h2-4,7,11,13H,5-6,9,15H2,1H3. The van der Waals surface area contributed by atoms with Crippen LogP contribution in [0.5, 0.6) is 0 Å². The van der Waals surface area contributed by atoms with Crippen LogP contribution in [0.25, 0.3) is 0 Å². The Morgan fingerprint density at radius 1 is 1.56 bits per heavy atom. The Kier molecular flexibility index (Phi) is 3.12. The molecule has 0 amide bonds. The van der Waals surface area contributed by atoms with Crippen LogP contribution in [0.15, 0.2) is 24.3 Å². The molecule has 0 aromatic heterocycles. The number of rotatable bonds is 4. The van der Waals surface area contributed by atoms with Crippen molar-refractivity contribution in [2.45, 2.75) is 18.9 Å². The van der Waals surface area contributed by atoms with Crippen molar-refractivity contribution < 1.29 is 0 Å². The van der Waals surface area contributed by atoms with E-state index in [2.05, 4.69) is 18.0 Å². The van der Waals surface area contributed by atoms with Gasteiger partial charge in [0.2, 0.25) is 0 Å². The van der Waals surface area contributed by atoms with Gasteiger partial charge >= 0.3 is 0 Å². The van der Waals surface area contributed by atoms with Gasteiger partial charge in [-0.25, -0.2) is 0 Å². The first-order valence-corrected chi connectivity index (χ1v) is 5.69. The van der Waals surface area contributed by atoms with E-state index in [0.717, 1.165) is 11.6 Å². The number of hydrogen-bond acceptors (Lipinski definition) is 3. The number of nitrogens with two attached hydrogens (primary N) is 1. The van der Waals surface area contributed by atoms with Crippen LogP contribution in [-0.4, -0.2) is 19.6 Å². The fourth-order valence-corrected chi connectivity index (χ4v) is 2.13. The van der Waals surface area contributed by atoms with Crippen molar-refractivity contribution in [3.05, 3.63) is 29.8 Å². The van der Waals surface area contributed by atoms with E-state index in [0.29, 0.717) is 18.2 Å². The first kappa shape index (κ1) is 11.0. The van der Waals surface area contributed by atoms with Crippen molar-refractivity contribution in [3.8, 4) is 6.07 Å². The first-order valence-electron chi connectivity index (χ1n) is 5.69. The average Bonchev–Trinajstić information content (AvgIpc) is 3.14. The molecular formula is C13H17N3. The third-order valence-electron chi connectivity index (χ3n) is 3.29. The van der Waals surface area contributed by atoms with E-state index in [-0.39, 0.29) is 0 Å². The minimum atomic E-state index is 0.411. The SMILES string of the molecule is CN(c1cccc(C#N)c1)C(CN)C1CC1. The second-order valence-corrected chi connectivity index (χ2v) is 4.41. The molecule has 3 nitrogen and oxygen atoms in total. The first-order chi connectivity index (χ1) is 7.76. The van der Waals surface area contributed by atoms with E-state index in [1.165, 1.54) is 12.8 Å². The molecule has 1 saturated carbocycles. The number of hydrogen-bond donors (Lipinski definition) is 1. The van der Waals surface area contributed by atoms with E-state index < -0.39 is 0 Å². The monoisotopic (exact) mass is 215 g/mol. The zero-order valence-electron chi connectivity index (χ0n) is 9.56. The molecular weight excluding hydrogens is 198 g/mol. The van der Waals surface area contributed by atoms with Gasteiger partial charge in [-0.1, -0.05) is 6.07 Å². The van der Waals surface area contributed by atoms with Gasteiger partial charge in [0, 0.05) is 25.3 Å². The minimum Gasteiger partial charge on any atom is -0.370 e. The van der Waals surface area contributed by atoms with Gasteiger partial charge in [-0.3, -0.25) is 0 Å². The summed E-state index contributed by atoms with van der Waals surface area (Å²) >= 11 is 0. The van der Waals surface area contributed by atoms with Gasteiger partial charge in [0.15, 0.2) is 0 Å². The second-order valence-electron chi connectivity index (χ2n) is 4.41. The molecule has 0 bridgehead atoms. The molecule has 1 aromatic rings. The summed E-state index contributed by atoms with van der Waals surface area (Å²) in [4.78, 5) is 2.21. The highest BCUT2D eigenvalue weighted by atomic mass is 15.2. The molecule has 1 aromatic carbocycles. The topological polar surface area (TPSA) is 53.0 Å². The molecule has 16 heavy (non-hydrogen) atoms. The summed E-state index contributed by atoms with van der Waals surface area (Å²) in [6.07, 6.45) is 2.56. The highest BCUT2D eigenvalue weighted by Gasteiger charge is 2.32. The molecule has 0 radical (unpaired) electrons. The zero-order chi connectivity index (χ0) is 11.5. The van der Waals surface area contributed by atoms with Gasteiger partial charge in [0.25, 0.3) is 0 Å². The van der Waals surface area contributed by atoms with E-state index >= 15 is 0 Å². The summed E-state index contributed by atoms with van der Waals surface area (Å²) in [6.45, 7) is 0.679. The molecule has 2 N–H and O–H groups in total. The Morgan fingerprint density at radius 2 is 2.31 bits per heavy atom. The van der Waals surface area contributed by atoms with Crippen molar-refractivity contribution in [2.24, 2.45) is 11.7 Å². The largest absolute Gasteiger partial charge is 0.370 e. The molecule has 0 saturated heterocycles. The van der Waals surface area contributed by atoms with Crippen molar-refractivity contribution in [3.63, 3.8) is 0 Å². The van der Waals surface area contributed by atoms with Gasteiger partial charge in [-0.2, -0.15) is 5.26 Å². The Morgan fingerprint density at radius 3 is 2.88 bits per heavy atom. The lowest BCUT2D eigenvalue weighted by atomic mass is 10.1. The summed E-state index contributed by atoms with van der Waals surface area (Å²) in [5, 5.41) is 8.87. The molecule has 1 aliphatic carbocycles. The normalized spacial score (nSPS) is 16.6. The van der Waals surface area contributed by atoms with Crippen molar-refractivity contribution in [1.29, 1.82) is 5.26 Å². The third-order valence-corrected chi connectivity index (χ3v) is 3.29. The van der Waals surface area contributed by atoms with Crippen LogP contribution >= 0.6 is 0 Å². The molecule has 0 heterocycles. The van der Waals surface area contributed by atoms with E-state index in [9.17, 15) is 0 Å². The van der Waals surface area contributed by atoms with Crippen LogP contribution in [0.4, 0.5) is 5.69 Å². The molecule has 84 valence electrons. The highest BCUT2D eigenvalue weighted by Crippen LogP contribution is 2.36. The Hall–Kier alpha value is -1.53. The van der Waals surface area contributed by atoms with Crippen molar-refractivity contribution >= 4 is 5.69 Å². The number of likely N-dealkylation sites (N-methyl/N-ethyl adjacent to an activating group) is 1. The van der Waals surface area contributed by atoms with Gasteiger partial charge in [0.05, 0.1) is 11.6 Å². The van der Waals surface area contributed by atoms with Gasteiger partial charge in [-0.15, -0.1) is 0 Å². The second kappa shape index (κ2) is 4.54. The molecule has 0 spiro atoms. The molecule has 1 unspecified atom stereocenters. The Labute approximate surface area is 96.5 Å². The molecule has 1 fully saturated rings. The lowest BCUT2D eigenvalue weighted by Gasteiger charge is -2.29. The fourth-order valence-electron chi connectivity index (χ4n) is 2.13. The highest BCUT2D eigenvalue weighted by molar-refractivity contribution is 5.52. The van der Waals surface area contributed by atoms with E-state index in [1.54, 1.807) is 0 Å². The van der Waals surface area contributed by atoms with Gasteiger partial charge < -0.3 is 10.6 Å². The smallest absolute Gasteiger partial charge is 0.0992 e. The van der Waals surface area contributed by atoms with Gasteiger partial charge in [0.1, 0.15) is 0 Å². The van der Waals surface area contributed by atoms with Crippen LogP contribution in [-0.2, 0) is 0 Å². The Bertz CT molecular complexity index is 404. The fraction of sp³-hybridized carbons (Fsp3) is 0.462. The van der Waals surface area contributed by atoms with Crippen molar-refractivity contribution in [1.82, 2.24) is 0 Å². The predicted octanol–water partition coefficient (Wildman–Crippen LogP) is 1.73. The number of nitriles is 1. The summed E-state index contributed by atoms with van der Waals surface area (Å²) in [5.41, 5.74) is 7.61. The Balaban J connectivity index is 2.18. The maximum Gasteiger partial charge on any atom is 0.0992 e. The maximum absolute atomic E-state index is 8.87. The van der Waals surface area contributed by atoms with Crippen LogP contribution < -0.4 is 10.6 Å². The quantitative estimate of drug-likeness (QED) is 0.832. The molecule has 2 rings (SSSR count). The molecule has 1 atom stereocenters. The van der Waals surface area contributed by atoms with Gasteiger partial charge in [-0.05, 0) is 37.0 Å².